The minimum atomic E-state index is 0.706. The molecule has 2 aliphatic rings. The number of nitrogens with zero attached hydrogens (tertiary/aromatic N) is 2. The zero-order valence-electron chi connectivity index (χ0n) is 11.1. The first-order valence-electron chi connectivity index (χ1n) is 7.06. The third-order valence-electron chi connectivity index (χ3n) is 3.86. The Labute approximate surface area is 109 Å². The molecule has 0 saturated carbocycles. The van der Waals surface area contributed by atoms with E-state index < -0.39 is 0 Å². The quantitative estimate of drug-likeness (QED) is 0.837. The molecule has 2 heterocycles. The number of aliphatic imine (C=N–C) groups is 1. The second kappa shape index (κ2) is 6.64. The first kappa shape index (κ1) is 13.2. The fourth-order valence-corrected chi connectivity index (χ4v) is 4.00. The van der Waals surface area contributed by atoms with E-state index in [0.717, 1.165) is 17.6 Å². The van der Waals surface area contributed by atoms with Crippen LogP contribution < -0.4 is 5.43 Å². The number of hydrogen-bond donors (Lipinski definition) is 1. The molecule has 0 amide bonds. The van der Waals surface area contributed by atoms with Crippen LogP contribution in [0.25, 0.3) is 0 Å². The maximum atomic E-state index is 4.65. The van der Waals surface area contributed by atoms with Crippen LogP contribution in [0.5, 0.6) is 0 Å². The van der Waals surface area contributed by atoms with E-state index in [1.807, 2.05) is 11.8 Å². The summed E-state index contributed by atoms with van der Waals surface area (Å²) in [5, 5.41) is 4.20. The number of rotatable bonds is 4. The molecule has 1 unspecified atom stereocenters. The Morgan fingerprint density at radius 2 is 2.00 bits per heavy atom. The van der Waals surface area contributed by atoms with Crippen molar-refractivity contribution in [1.82, 2.24) is 10.4 Å². The highest BCUT2D eigenvalue weighted by Crippen LogP contribution is 2.30. The number of nitrogens with one attached hydrogen (secondary N) is 1. The van der Waals surface area contributed by atoms with Gasteiger partial charge in [0.1, 0.15) is 0 Å². The molecule has 0 spiro atoms. The minimum Gasteiger partial charge on any atom is -0.298 e. The number of thioether (sulfide) groups is 1. The van der Waals surface area contributed by atoms with Crippen molar-refractivity contribution in [2.45, 2.75) is 51.2 Å². The first-order chi connectivity index (χ1) is 8.33. The molecule has 0 bridgehead atoms. The number of hydrazine groups is 1. The SMILES string of the molecule is CCC(CC)C1CN=C(NN2CCCCC2)S1. The van der Waals surface area contributed by atoms with Gasteiger partial charge < -0.3 is 0 Å². The summed E-state index contributed by atoms with van der Waals surface area (Å²) < 4.78 is 0. The lowest BCUT2D eigenvalue weighted by molar-refractivity contribution is 0.196. The normalized spacial score (nSPS) is 26.3. The van der Waals surface area contributed by atoms with Crippen LogP contribution in [0.1, 0.15) is 46.0 Å². The van der Waals surface area contributed by atoms with Crippen molar-refractivity contribution in [2.75, 3.05) is 19.6 Å². The van der Waals surface area contributed by atoms with Crippen molar-refractivity contribution in [3.8, 4) is 0 Å². The van der Waals surface area contributed by atoms with E-state index in [4.69, 9.17) is 0 Å². The fraction of sp³-hybridized carbons (Fsp3) is 0.923. The molecule has 1 fully saturated rings. The first-order valence-corrected chi connectivity index (χ1v) is 7.94. The van der Waals surface area contributed by atoms with Crippen molar-refractivity contribution in [3.05, 3.63) is 0 Å². The van der Waals surface area contributed by atoms with E-state index in [-0.39, 0.29) is 0 Å². The third kappa shape index (κ3) is 3.62. The van der Waals surface area contributed by atoms with Gasteiger partial charge in [-0.2, -0.15) is 0 Å². The minimum absolute atomic E-state index is 0.706. The number of piperidine rings is 1. The lowest BCUT2D eigenvalue weighted by Gasteiger charge is -2.27. The van der Waals surface area contributed by atoms with Crippen molar-refractivity contribution < 1.29 is 0 Å². The van der Waals surface area contributed by atoms with Crippen LogP contribution in [0.4, 0.5) is 0 Å². The molecule has 0 aromatic heterocycles. The Morgan fingerprint density at radius 1 is 1.29 bits per heavy atom. The zero-order valence-corrected chi connectivity index (χ0v) is 11.9. The molecular weight excluding hydrogens is 230 g/mol. The Morgan fingerprint density at radius 3 is 2.65 bits per heavy atom. The van der Waals surface area contributed by atoms with Gasteiger partial charge in [0.2, 0.25) is 0 Å². The summed E-state index contributed by atoms with van der Waals surface area (Å²) in [5.74, 6) is 0.824. The summed E-state index contributed by atoms with van der Waals surface area (Å²) in [6.07, 6.45) is 6.58. The van der Waals surface area contributed by atoms with Gasteiger partial charge in [-0.1, -0.05) is 44.9 Å². The molecule has 17 heavy (non-hydrogen) atoms. The third-order valence-corrected chi connectivity index (χ3v) is 5.14. The topological polar surface area (TPSA) is 27.6 Å². The molecule has 1 saturated heterocycles. The van der Waals surface area contributed by atoms with Crippen LogP contribution in [0.2, 0.25) is 0 Å². The Hall–Kier alpha value is -0.220. The van der Waals surface area contributed by atoms with Gasteiger partial charge in [-0.25, -0.2) is 5.01 Å². The van der Waals surface area contributed by atoms with E-state index in [9.17, 15) is 0 Å². The molecule has 4 heteroatoms. The highest BCUT2D eigenvalue weighted by molar-refractivity contribution is 8.14. The lowest BCUT2D eigenvalue weighted by atomic mass is 9.99. The van der Waals surface area contributed by atoms with Gasteiger partial charge in [-0.05, 0) is 18.8 Å². The molecule has 98 valence electrons. The molecule has 0 aromatic carbocycles. The van der Waals surface area contributed by atoms with E-state index in [1.54, 1.807) is 0 Å². The average Bonchev–Trinajstić information content (AvgIpc) is 2.81. The predicted octanol–water partition coefficient (Wildman–Crippen LogP) is 2.88. The Kier molecular flexibility index (Phi) is 5.16. The lowest BCUT2D eigenvalue weighted by Crippen LogP contribution is -2.43. The predicted molar refractivity (Wildman–Crippen MR) is 76.3 cm³/mol. The summed E-state index contributed by atoms with van der Waals surface area (Å²) in [4.78, 5) is 4.65. The van der Waals surface area contributed by atoms with Crippen LogP contribution >= 0.6 is 11.8 Å². The molecule has 0 aliphatic carbocycles. The Balaban J connectivity index is 1.76. The second-order valence-electron chi connectivity index (χ2n) is 5.04. The summed E-state index contributed by atoms with van der Waals surface area (Å²) in [6.45, 7) is 7.95. The van der Waals surface area contributed by atoms with Crippen LogP contribution in [0.3, 0.4) is 0 Å². The average molecular weight is 255 g/mol. The van der Waals surface area contributed by atoms with Gasteiger partial charge in [-0.3, -0.25) is 10.4 Å². The molecule has 1 atom stereocenters. The van der Waals surface area contributed by atoms with Crippen molar-refractivity contribution in [3.63, 3.8) is 0 Å². The maximum absolute atomic E-state index is 4.65. The second-order valence-corrected chi connectivity index (χ2v) is 6.27. The standard InChI is InChI=1S/C13H25N3S/c1-3-11(4-2)12-10-14-13(17-12)15-16-8-6-5-7-9-16/h11-12H,3-10H2,1-2H3,(H,14,15). The van der Waals surface area contributed by atoms with E-state index in [2.05, 4.69) is 29.3 Å². The highest BCUT2D eigenvalue weighted by atomic mass is 32.2. The summed E-state index contributed by atoms with van der Waals surface area (Å²) >= 11 is 1.96. The smallest absolute Gasteiger partial charge is 0.171 e. The molecule has 3 nitrogen and oxygen atoms in total. The van der Waals surface area contributed by atoms with Crippen LogP contribution in [0, 0.1) is 5.92 Å². The van der Waals surface area contributed by atoms with Gasteiger partial charge >= 0.3 is 0 Å². The van der Waals surface area contributed by atoms with Gasteiger partial charge in [0.05, 0.1) is 6.54 Å². The van der Waals surface area contributed by atoms with Gasteiger partial charge in [0.25, 0.3) is 0 Å². The molecular formula is C13H25N3S. The maximum Gasteiger partial charge on any atom is 0.171 e. The molecule has 1 N–H and O–H groups in total. The fourth-order valence-electron chi connectivity index (χ4n) is 2.65. The van der Waals surface area contributed by atoms with Crippen LogP contribution in [-0.4, -0.2) is 35.1 Å². The van der Waals surface area contributed by atoms with Gasteiger partial charge in [0.15, 0.2) is 5.17 Å². The highest BCUT2D eigenvalue weighted by Gasteiger charge is 2.26. The van der Waals surface area contributed by atoms with E-state index in [1.165, 1.54) is 45.2 Å². The van der Waals surface area contributed by atoms with Crippen molar-refractivity contribution in [2.24, 2.45) is 10.9 Å². The van der Waals surface area contributed by atoms with Crippen LogP contribution in [0.15, 0.2) is 4.99 Å². The zero-order chi connectivity index (χ0) is 12.1. The summed E-state index contributed by atoms with van der Waals surface area (Å²) in [7, 11) is 0. The summed E-state index contributed by atoms with van der Waals surface area (Å²) in [5.41, 5.74) is 3.50. The van der Waals surface area contributed by atoms with E-state index in [0.29, 0.717) is 5.25 Å². The molecule has 2 rings (SSSR count). The molecule has 0 radical (unpaired) electrons. The number of amidine groups is 1. The van der Waals surface area contributed by atoms with E-state index >= 15 is 0 Å². The monoisotopic (exact) mass is 255 g/mol. The Bertz CT molecular complexity index is 257. The number of hydrogen-bond acceptors (Lipinski definition) is 4. The summed E-state index contributed by atoms with van der Waals surface area (Å²) in [6, 6.07) is 0. The van der Waals surface area contributed by atoms with Crippen molar-refractivity contribution in [1.29, 1.82) is 0 Å². The van der Waals surface area contributed by atoms with Gasteiger partial charge in [0, 0.05) is 18.3 Å². The van der Waals surface area contributed by atoms with Gasteiger partial charge in [-0.15, -0.1) is 0 Å². The van der Waals surface area contributed by atoms with Crippen molar-refractivity contribution >= 4 is 16.9 Å². The molecule has 2 aliphatic heterocycles. The largest absolute Gasteiger partial charge is 0.298 e. The van der Waals surface area contributed by atoms with Crippen LogP contribution in [-0.2, 0) is 0 Å². The molecule has 0 aromatic rings.